The van der Waals surface area contributed by atoms with Gasteiger partial charge in [-0.1, -0.05) is 20.8 Å². The van der Waals surface area contributed by atoms with E-state index in [4.69, 9.17) is 0 Å². The molecule has 0 saturated heterocycles. The summed E-state index contributed by atoms with van der Waals surface area (Å²) in [6.45, 7) is 6.38. The number of carbonyl (C=O) groups excluding carboxylic acids is 1. The molecule has 1 N–H and O–H groups in total. The SMILES string of the molecule is CC(C)[C@H](C)C[C@@H](O)c1nc(C=O)cs1. The number of rotatable bonds is 5. The number of aliphatic hydroxyl groups excluding tert-OH is 1. The number of aromatic nitrogens is 1. The molecule has 0 bridgehead atoms. The van der Waals surface area contributed by atoms with E-state index in [1.54, 1.807) is 5.38 Å². The fourth-order valence-corrected chi connectivity index (χ4v) is 1.99. The van der Waals surface area contributed by atoms with Gasteiger partial charge in [-0.3, -0.25) is 4.79 Å². The first-order chi connectivity index (χ1) is 7.04. The predicted octanol–water partition coefficient (Wildman–Crippen LogP) is 2.67. The van der Waals surface area contributed by atoms with Crippen molar-refractivity contribution in [1.29, 1.82) is 0 Å². The molecule has 0 radical (unpaired) electrons. The molecular weight excluding hydrogens is 210 g/mol. The molecule has 0 aliphatic heterocycles. The van der Waals surface area contributed by atoms with Gasteiger partial charge < -0.3 is 5.11 Å². The van der Waals surface area contributed by atoms with Crippen LogP contribution in [0.3, 0.4) is 0 Å². The molecule has 1 aromatic heterocycles. The van der Waals surface area contributed by atoms with E-state index in [1.807, 2.05) is 0 Å². The Kier molecular flexibility index (Phi) is 4.42. The van der Waals surface area contributed by atoms with Crippen LogP contribution in [-0.2, 0) is 0 Å². The summed E-state index contributed by atoms with van der Waals surface area (Å²) in [4.78, 5) is 14.5. The van der Waals surface area contributed by atoms with Gasteiger partial charge in [-0.15, -0.1) is 11.3 Å². The second-order valence-electron chi connectivity index (χ2n) is 4.20. The van der Waals surface area contributed by atoms with E-state index in [1.165, 1.54) is 11.3 Å². The topological polar surface area (TPSA) is 50.2 Å². The minimum Gasteiger partial charge on any atom is -0.386 e. The van der Waals surface area contributed by atoms with Gasteiger partial charge in [0.2, 0.25) is 0 Å². The molecule has 0 spiro atoms. The fourth-order valence-electron chi connectivity index (χ4n) is 1.23. The lowest BCUT2D eigenvalue weighted by Crippen LogP contribution is -2.09. The zero-order valence-corrected chi connectivity index (χ0v) is 10.1. The number of aliphatic hydroxyl groups is 1. The summed E-state index contributed by atoms with van der Waals surface area (Å²) in [7, 11) is 0. The lowest BCUT2D eigenvalue weighted by atomic mass is 9.92. The van der Waals surface area contributed by atoms with Gasteiger partial charge in [-0.2, -0.15) is 0 Å². The van der Waals surface area contributed by atoms with Gasteiger partial charge in [0, 0.05) is 5.38 Å². The van der Waals surface area contributed by atoms with Gasteiger partial charge in [0.25, 0.3) is 0 Å². The molecule has 3 nitrogen and oxygen atoms in total. The molecule has 15 heavy (non-hydrogen) atoms. The van der Waals surface area contributed by atoms with Crippen LogP contribution in [0, 0.1) is 11.8 Å². The zero-order valence-electron chi connectivity index (χ0n) is 9.30. The highest BCUT2D eigenvalue weighted by molar-refractivity contribution is 7.09. The molecule has 0 aliphatic carbocycles. The Bertz CT molecular complexity index is 322. The highest BCUT2D eigenvalue weighted by atomic mass is 32.1. The molecule has 4 heteroatoms. The van der Waals surface area contributed by atoms with E-state index in [9.17, 15) is 9.90 Å². The third-order valence-corrected chi connectivity index (χ3v) is 3.64. The van der Waals surface area contributed by atoms with Gasteiger partial charge in [0.05, 0.1) is 0 Å². The Labute approximate surface area is 94.2 Å². The van der Waals surface area contributed by atoms with Crippen LogP contribution in [0.4, 0.5) is 0 Å². The molecule has 0 aliphatic rings. The van der Waals surface area contributed by atoms with Crippen LogP contribution in [0.1, 0.15) is 48.8 Å². The number of hydrogen-bond donors (Lipinski definition) is 1. The maximum Gasteiger partial charge on any atom is 0.169 e. The molecule has 0 amide bonds. The summed E-state index contributed by atoms with van der Waals surface area (Å²) in [5.74, 6) is 0.994. The lowest BCUT2D eigenvalue weighted by Gasteiger charge is -2.17. The van der Waals surface area contributed by atoms with E-state index in [0.717, 1.165) is 0 Å². The van der Waals surface area contributed by atoms with Crippen LogP contribution in [0.5, 0.6) is 0 Å². The van der Waals surface area contributed by atoms with Gasteiger partial charge in [0.1, 0.15) is 16.8 Å². The summed E-state index contributed by atoms with van der Waals surface area (Å²) in [6.07, 6.45) is 0.864. The quantitative estimate of drug-likeness (QED) is 0.787. The Hall–Kier alpha value is -0.740. The zero-order chi connectivity index (χ0) is 11.4. The normalized spacial score (nSPS) is 15.3. The van der Waals surface area contributed by atoms with Crippen LogP contribution >= 0.6 is 11.3 Å². The van der Waals surface area contributed by atoms with Crippen LogP contribution < -0.4 is 0 Å². The van der Waals surface area contributed by atoms with Gasteiger partial charge in [-0.25, -0.2) is 4.98 Å². The first kappa shape index (κ1) is 12.3. The molecule has 0 aromatic carbocycles. The number of hydrogen-bond acceptors (Lipinski definition) is 4. The molecule has 0 unspecified atom stereocenters. The third kappa shape index (κ3) is 3.39. The summed E-state index contributed by atoms with van der Waals surface area (Å²) >= 11 is 1.34. The summed E-state index contributed by atoms with van der Waals surface area (Å²) in [5.41, 5.74) is 0.409. The van der Waals surface area contributed by atoms with Crippen molar-refractivity contribution in [3.63, 3.8) is 0 Å². The molecule has 84 valence electrons. The van der Waals surface area contributed by atoms with E-state index >= 15 is 0 Å². The summed E-state index contributed by atoms with van der Waals surface area (Å²) < 4.78 is 0. The average molecular weight is 227 g/mol. The molecule has 1 heterocycles. The van der Waals surface area contributed by atoms with Crippen molar-refractivity contribution in [2.24, 2.45) is 11.8 Å². The van der Waals surface area contributed by atoms with Crippen molar-refractivity contribution in [2.45, 2.75) is 33.3 Å². The predicted molar refractivity (Wildman–Crippen MR) is 61.1 cm³/mol. The summed E-state index contributed by atoms with van der Waals surface area (Å²) in [5, 5.41) is 12.2. The van der Waals surface area contributed by atoms with Crippen LogP contribution in [0.15, 0.2) is 5.38 Å². The molecule has 2 atom stereocenters. The van der Waals surface area contributed by atoms with Crippen molar-refractivity contribution < 1.29 is 9.90 Å². The monoisotopic (exact) mass is 227 g/mol. The molecule has 1 rings (SSSR count). The Balaban J connectivity index is 2.60. The standard InChI is InChI=1S/C11H17NO2S/c1-7(2)8(3)4-10(14)11-12-9(5-13)6-15-11/h5-8,10,14H,4H2,1-3H3/t8-,10-/m1/s1. The highest BCUT2D eigenvalue weighted by Crippen LogP contribution is 2.27. The number of thiazole rings is 1. The van der Waals surface area contributed by atoms with E-state index < -0.39 is 6.10 Å². The Morgan fingerprint density at radius 2 is 2.20 bits per heavy atom. The largest absolute Gasteiger partial charge is 0.386 e. The molecule has 0 saturated carbocycles. The third-order valence-electron chi connectivity index (χ3n) is 2.68. The van der Waals surface area contributed by atoms with Crippen molar-refractivity contribution >= 4 is 17.6 Å². The average Bonchev–Trinajstić information content (AvgIpc) is 2.65. The highest BCUT2D eigenvalue weighted by Gasteiger charge is 2.17. The lowest BCUT2D eigenvalue weighted by molar-refractivity contribution is 0.111. The molecular formula is C11H17NO2S. The fraction of sp³-hybridized carbons (Fsp3) is 0.636. The second-order valence-corrected chi connectivity index (χ2v) is 5.09. The van der Waals surface area contributed by atoms with Crippen LogP contribution in [-0.4, -0.2) is 16.4 Å². The maximum atomic E-state index is 10.4. The number of nitrogens with zero attached hydrogens (tertiary/aromatic N) is 1. The first-order valence-corrected chi connectivity index (χ1v) is 6.01. The van der Waals surface area contributed by atoms with Crippen molar-refractivity contribution in [3.8, 4) is 0 Å². The van der Waals surface area contributed by atoms with Gasteiger partial charge in [-0.05, 0) is 18.3 Å². The van der Waals surface area contributed by atoms with E-state index in [0.29, 0.717) is 35.2 Å². The minimum absolute atomic E-state index is 0.409. The van der Waals surface area contributed by atoms with E-state index in [-0.39, 0.29) is 0 Å². The smallest absolute Gasteiger partial charge is 0.169 e. The first-order valence-electron chi connectivity index (χ1n) is 5.13. The number of aldehydes is 1. The van der Waals surface area contributed by atoms with Crippen molar-refractivity contribution in [3.05, 3.63) is 16.1 Å². The summed E-state index contributed by atoms with van der Waals surface area (Å²) in [6, 6.07) is 0. The maximum absolute atomic E-state index is 10.4. The molecule has 1 aromatic rings. The van der Waals surface area contributed by atoms with Crippen LogP contribution in [0.25, 0.3) is 0 Å². The van der Waals surface area contributed by atoms with Crippen molar-refractivity contribution in [1.82, 2.24) is 4.98 Å². The Morgan fingerprint density at radius 1 is 1.53 bits per heavy atom. The van der Waals surface area contributed by atoms with Gasteiger partial charge >= 0.3 is 0 Å². The van der Waals surface area contributed by atoms with Crippen molar-refractivity contribution in [2.75, 3.05) is 0 Å². The van der Waals surface area contributed by atoms with E-state index in [2.05, 4.69) is 25.8 Å². The molecule has 0 fully saturated rings. The number of carbonyl (C=O) groups is 1. The Morgan fingerprint density at radius 3 is 2.67 bits per heavy atom. The van der Waals surface area contributed by atoms with Gasteiger partial charge in [0.15, 0.2) is 6.29 Å². The minimum atomic E-state index is -0.541. The van der Waals surface area contributed by atoms with Crippen LogP contribution in [0.2, 0.25) is 0 Å². The second kappa shape index (κ2) is 5.37.